The van der Waals surface area contributed by atoms with Gasteiger partial charge in [0.05, 0.1) is 5.69 Å². The van der Waals surface area contributed by atoms with E-state index in [2.05, 4.69) is 247 Å². The number of hydrogen-bond donors (Lipinski definition) is 0. The van der Waals surface area contributed by atoms with Gasteiger partial charge in [0.1, 0.15) is 0 Å². The molecule has 0 radical (unpaired) electrons. The molecule has 2 heteroatoms. The minimum absolute atomic E-state index is 0.196. The van der Waals surface area contributed by atoms with Crippen LogP contribution in [0.1, 0.15) is 63.8 Å². The van der Waals surface area contributed by atoms with Crippen LogP contribution in [0.4, 0.5) is 34.1 Å². The van der Waals surface area contributed by atoms with Crippen molar-refractivity contribution >= 4 is 66.4 Å². The Bertz CT molecular complexity index is 3080. The van der Waals surface area contributed by atoms with Gasteiger partial charge >= 0.3 is 0 Å². The summed E-state index contributed by atoms with van der Waals surface area (Å²) in [5, 5.41) is 7.71. The van der Waals surface area contributed by atoms with E-state index < -0.39 is 5.41 Å². The summed E-state index contributed by atoms with van der Waals surface area (Å²) >= 11 is 0. The first-order valence-corrected chi connectivity index (χ1v) is 21.8. The SMILES string of the molecule is Cc1ccc(N(c2ccccc2)c2ccc3c4c(c5ccccc5c3c2)-c2c(cc(N(c3ccccc3)c3ccc(C)cc3)c3ccccc23)C4(C(C)(C)C)C(C)(C)C)cc1. The Labute approximate surface area is 361 Å². The zero-order chi connectivity index (χ0) is 42.3. The Hall–Kier alpha value is -6.64. The van der Waals surface area contributed by atoms with Gasteiger partial charge in [-0.3, -0.25) is 0 Å². The van der Waals surface area contributed by atoms with Gasteiger partial charge in [0, 0.05) is 39.2 Å². The van der Waals surface area contributed by atoms with Crippen LogP contribution in [-0.4, -0.2) is 0 Å². The third-order valence-corrected chi connectivity index (χ3v) is 13.4. The first-order valence-electron chi connectivity index (χ1n) is 21.8. The molecule has 0 unspecified atom stereocenters. The Kier molecular flexibility index (Phi) is 9.00. The molecule has 1 aliphatic carbocycles. The molecule has 61 heavy (non-hydrogen) atoms. The highest BCUT2D eigenvalue weighted by Gasteiger charge is 2.59. The third kappa shape index (κ3) is 5.91. The number of rotatable bonds is 6. The van der Waals surface area contributed by atoms with Gasteiger partial charge in [0.2, 0.25) is 0 Å². The largest absolute Gasteiger partial charge is 0.310 e. The summed E-state index contributed by atoms with van der Waals surface area (Å²) < 4.78 is 0. The van der Waals surface area contributed by atoms with E-state index in [1.54, 1.807) is 0 Å². The monoisotopic (exact) mass is 790 g/mol. The molecule has 0 spiro atoms. The second kappa shape index (κ2) is 14.2. The molecule has 0 aliphatic heterocycles. The maximum Gasteiger partial charge on any atom is 0.0543 e. The molecule has 0 atom stereocenters. The fourth-order valence-electron chi connectivity index (χ4n) is 11.3. The van der Waals surface area contributed by atoms with Gasteiger partial charge in [-0.1, -0.05) is 168 Å². The van der Waals surface area contributed by atoms with Gasteiger partial charge in [-0.2, -0.15) is 0 Å². The Morgan fingerprint density at radius 2 is 0.770 bits per heavy atom. The smallest absolute Gasteiger partial charge is 0.0543 e. The van der Waals surface area contributed by atoms with E-state index in [1.807, 2.05) is 0 Å². The van der Waals surface area contributed by atoms with Crippen molar-refractivity contribution in [2.24, 2.45) is 10.8 Å². The second-order valence-corrected chi connectivity index (χ2v) is 19.2. The molecular weight excluding hydrogens is 737 g/mol. The van der Waals surface area contributed by atoms with E-state index in [4.69, 9.17) is 0 Å². The van der Waals surface area contributed by atoms with Crippen molar-refractivity contribution in [3.63, 3.8) is 0 Å². The lowest BCUT2D eigenvalue weighted by molar-refractivity contribution is 0.0965. The molecule has 0 saturated heterocycles. The maximum atomic E-state index is 2.59. The van der Waals surface area contributed by atoms with Crippen LogP contribution in [0.15, 0.2) is 182 Å². The molecule has 0 bridgehead atoms. The highest BCUT2D eigenvalue weighted by atomic mass is 15.1. The fraction of sp³-hybridized carbons (Fsp3) is 0.186. The summed E-state index contributed by atoms with van der Waals surface area (Å²) in [6.45, 7) is 19.2. The van der Waals surface area contributed by atoms with Crippen LogP contribution < -0.4 is 9.80 Å². The van der Waals surface area contributed by atoms with E-state index in [1.165, 1.54) is 71.4 Å². The molecule has 9 aromatic carbocycles. The van der Waals surface area contributed by atoms with Crippen molar-refractivity contribution in [2.75, 3.05) is 9.80 Å². The van der Waals surface area contributed by atoms with E-state index in [0.29, 0.717) is 0 Å². The Morgan fingerprint density at radius 3 is 1.31 bits per heavy atom. The van der Waals surface area contributed by atoms with Gasteiger partial charge in [0.15, 0.2) is 0 Å². The molecule has 9 aromatic rings. The predicted octanol–water partition coefficient (Wildman–Crippen LogP) is 17.1. The van der Waals surface area contributed by atoms with E-state index >= 15 is 0 Å². The van der Waals surface area contributed by atoms with Crippen molar-refractivity contribution in [3.8, 4) is 11.1 Å². The summed E-state index contributed by atoms with van der Waals surface area (Å²) in [5.41, 5.74) is 14.2. The van der Waals surface area contributed by atoms with Crippen LogP contribution in [0.25, 0.3) is 43.4 Å². The van der Waals surface area contributed by atoms with Gasteiger partial charge in [-0.15, -0.1) is 0 Å². The summed E-state index contributed by atoms with van der Waals surface area (Å²) in [4.78, 5) is 4.88. The second-order valence-electron chi connectivity index (χ2n) is 19.2. The van der Waals surface area contributed by atoms with Gasteiger partial charge < -0.3 is 9.80 Å². The minimum atomic E-state index is -0.404. The van der Waals surface area contributed by atoms with Crippen molar-refractivity contribution in [1.82, 2.24) is 0 Å². The lowest BCUT2D eigenvalue weighted by atomic mass is 9.49. The zero-order valence-corrected chi connectivity index (χ0v) is 36.7. The van der Waals surface area contributed by atoms with Crippen molar-refractivity contribution in [2.45, 2.75) is 60.8 Å². The molecule has 0 heterocycles. The van der Waals surface area contributed by atoms with Crippen LogP contribution in [-0.2, 0) is 5.41 Å². The number of fused-ring (bicyclic) bond motifs is 10. The van der Waals surface area contributed by atoms with Gasteiger partial charge in [0.25, 0.3) is 0 Å². The number of aryl methyl sites for hydroxylation is 2. The molecule has 2 nitrogen and oxygen atoms in total. The van der Waals surface area contributed by atoms with Crippen LogP contribution in [0.5, 0.6) is 0 Å². The lowest BCUT2D eigenvalue weighted by Gasteiger charge is -2.53. The molecule has 0 N–H and O–H groups in total. The van der Waals surface area contributed by atoms with Gasteiger partial charge in [-0.25, -0.2) is 0 Å². The lowest BCUT2D eigenvalue weighted by Crippen LogP contribution is -2.50. The molecular formula is C59H54N2. The molecule has 10 rings (SSSR count). The number of nitrogens with zero attached hydrogens (tertiary/aromatic N) is 2. The van der Waals surface area contributed by atoms with Crippen molar-refractivity contribution in [3.05, 3.63) is 204 Å². The predicted molar refractivity (Wildman–Crippen MR) is 263 cm³/mol. The third-order valence-electron chi connectivity index (χ3n) is 13.4. The summed E-state index contributed by atoms with van der Waals surface area (Å²) in [5.74, 6) is 0. The molecule has 0 saturated carbocycles. The Morgan fingerprint density at radius 1 is 0.344 bits per heavy atom. The Balaban J connectivity index is 1.35. The van der Waals surface area contributed by atoms with E-state index in [9.17, 15) is 0 Å². The molecule has 0 fully saturated rings. The molecule has 0 amide bonds. The average Bonchev–Trinajstić information content (AvgIpc) is 3.60. The highest BCUT2D eigenvalue weighted by Crippen LogP contribution is 2.69. The van der Waals surface area contributed by atoms with Crippen LogP contribution in [0.3, 0.4) is 0 Å². The first-order chi connectivity index (χ1) is 29.4. The summed E-state index contributed by atoms with van der Waals surface area (Å²) in [6, 6.07) is 67.8. The van der Waals surface area contributed by atoms with E-state index in [-0.39, 0.29) is 10.8 Å². The molecule has 300 valence electrons. The number of hydrogen-bond acceptors (Lipinski definition) is 2. The summed E-state index contributed by atoms with van der Waals surface area (Å²) in [6.07, 6.45) is 0. The minimum Gasteiger partial charge on any atom is -0.310 e. The van der Waals surface area contributed by atoms with Crippen LogP contribution in [0.2, 0.25) is 0 Å². The molecule has 0 aromatic heterocycles. The summed E-state index contributed by atoms with van der Waals surface area (Å²) in [7, 11) is 0. The first kappa shape index (κ1) is 38.6. The quantitative estimate of drug-likeness (QED) is 0.155. The van der Waals surface area contributed by atoms with E-state index in [0.717, 1.165) is 28.4 Å². The zero-order valence-electron chi connectivity index (χ0n) is 36.7. The number of benzene rings is 9. The van der Waals surface area contributed by atoms with Crippen molar-refractivity contribution in [1.29, 1.82) is 0 Å². The average molecular weight is 791 g/mol. The molecule has 1 aliphatic rings. The highest BCUT2D eigenvalue weighted by molar-refractivity contribution is 6.23. The topological polar surface area (TPSA) is 6.48 Å². The standard InChI is InChI=1S/C59H54N2/c1-39-27-31-43(32-28-39)60(41-19-11-9-12-20-41)45-35-36-50-51(37-45)46-23-15-17-25-48(46)55-54-49-26-18-16-24-47(49)53(38-52(54)59(56(50)55,57(3,4)5)58(6,7)8)61(42-21-13-10-14-22-42)44-33-29-40(2)30-34-44/h9-38H,1-8H3. The number of anilines is 6. The van der Waals surface area contributed by atoms with Gasteiger partial charge in [-0.05, 0) is 141 Å². The van der Waals surface area contributed by atoms with Crippen molar-refractivity contribution < 1.29 is 0 Å². The normalized spacial score (nSPS) is 13.4. The number of para-hydroxylation sites is 2. The van der Waals surface area contributed by atoms with Crippen LogP contribution in [0, 0.1) is 24.7 Å². The maximum absolute atomic E-state index is 2.59. The fourth-order valence-corrected chi connectivity index (χ4v) is 11.3. The van der Waals surface area contributed by atoms with Crippen LogP contribution >= 0.6 is 0 Å².